The molecule has 0 aromatic rings. The van der Waals surface area contributed by atoms with Crippen LogP contribution in [0.3, 0.4) is 0 Å². The molecule has 0 aromatic carbocycles. The normalized spacial score (nSPS) is 11.9. The average Bonchev–Trinajstić information content (AvgIpc) is 3.46. The molecule has 0 fully saturated rings. The summed E-state index contributed by atoms with van der Waals surface area (Å²) in [6.45, 7) is 6.71. The first-order valence-electron chi connectivity index (χ1n) is 37.0. The summed E-state index contributed by atoms with van der Waals surface area (Å²) in [6, 6.07) is 0. The number of hydrogen-bond acceptors (Lipinski definition) is 6. The molecule has 0 saturated carbocycles. The Hall–Kier alpha value is -1.59. The maximum absolute atomic E-state index is 12.9. The highest BCUT2D eigenvalue weighted by Crippen LogP contribution is 2.20. The Bertz CT molecular complexity index is 1200. The van der Waals surface area contributed by atoms with Gasteiger partial charge in [-0.2, -0.15) is 0 Å². The minimum absolute atomic E-state index is 0.0609. The van der Waals surface area contributed by atoms with Crippen molar-refractivity contribution in [3.8, 4) is 0 Å². The van der Waals surface area contributed by atoms with Crippen LogP contribution in [-0.2, 0) is 28.6 Å². The third-order valence-corrected chi connectivity index (χ3v) is 17.4. The number of rotatable bonds is 70. The van der Waals surface area contributed by atoms with Gasteiger partial charge in [-0.1, -0.05) is 400 Å². The molecule has 0 aliphatic heterocycles. The van der Waals surface area contributed by atoms with Crippen LogP contribution in [-0.4, -0.2) is 37.2 Å². The zero-order valence-corrected chi connectivity index (χ0v) is 54.9. The number of unbranched alkanes of at least 4 members (excludes halogenated alkanes) is 59. The maximum atomic E-state index is 12.9. The monoisotopic (exact) mass is 1130 g/mol. The first-order chi connectivity index (χ1) is 39.5. The molecule has 0 aliphatic carbocycles. The zero-order chi connectivity index (χ0) is 57.8. The molecular weight excluding hydrogens is 985 g/mol. The van der Waals surface area contributed by atoms with Crippen LogP contribution in [0.4, 0.5) is 0 Å². The molecule has 476 valence electrons. The van der Waals surface area contributed by atoms with Crippen molar-refractivity contribution < 1.29 is 28.6 Å². The summed E-state index contributed by atoms with van der Waals surface area (Å²) in [7, 11) is 0. The van der Waals surface area contributed by atoms with Gasteiger partial charge in [0.1, 0.15) is 13.2 Å². The highest BCUT2D eigenvalue weighted by atomic mass is 16.6. The molecule has 1 unspecified atom stereocenters. The Labute approximate surface area is 501 Å². The van der Waals surface area contributed by atoms with E-state index < -0.39 is 6.10 Å². The van der Waals surface area contributed by atoms with E-state index in [2.05, 4.69) is 20.8 Å². The van der Waals surface area contributed by atoms with Gasteiger partial charge in [0.25, 0.3) is 0 Å². The second-order valence-corrected chi connectivity index (χ2v) is 25.6. The van der Waals surface area contributed by atoms with Crippen LogP contribution in [0.15, 0.2) is 0 Å². The second kappa shape index (κ2) is 69.9. The molecular formula is C74H144O6. The van der Waals surface area contributed by atoms with Crippen molar-refractivity contribution in [3.63, 3.8) is 0 Å². The van der Waals surface area contributed by atoms with Gasteiger partial charge in [-0.05, 0) is 19.3 Å². The van der Waals surface area contributed by atoms with Crippen molar-refractivity contribution in [2.24, 2.45) is 0 Å². The topological polar surface area (TPSA) is 78.9 Å². The lowest BCUT2D eigenvalue weighted by Gasteiger charge is -2.18. The van der Waals surface area contributed by atoms with Gasteiger partial charge in [0.15, 0.2) is 6.10 Å². The smallest absolute Gasteiger partial charge is 0.306 e. The third kappa shape index (κ3) is 67.2. The van der Waals surface area contributed by atoms with Gasteiger partial charge in [-0.3, -0.25) is 14.4 Å². The average molecular weight is 1130 g/mol. The number of esters is 3. The summed E-state index contributed by atoms with van der Waals surface area (Å²) in [5.41, 5.74) is 0. The molecule has 1 atom stereocenters. The predicted octanol–water partition coefficient (Wildman–Crippen LogP) is 25.4. The number of hydrogen-bond donors (Lipinski definition) is 0. The third-order valence-electron chi connectivity index (χ3n) is 17.4. The summed E-state index contributed by atoms with van der Waals surface area (Å²) in [5, 5.41) is 0. The van der Waals surface area contributed by atoms with Crippen LogP contribution in [0.2, 0.25) is 0 Å². The SMILES string of the molecule is CCCCCCCCCCCCCCCCCCCCCCCCCCCCCCCCC(=O)OCC(COC(=O)CCCCCCCCCC)OC(=O)CCCCCCCCCCCCCCCCCCCCCCCCCC. The van der Waals surface area contributed by atoms with E-state index in [-0.39, 0.29) is 31.1 Å². The summed E-state index contributed by atoms with van der Waals surface area (Å²) < 4.78 is 16.9. The quantitative estimate of drug-likeness (QED) is 0.0343. The van der Waals surface area contributed by atoms with Gasteiger partial charge < -0.3 is 14.2 Å². The number of carbonyl (C=O) groups is 3. The van der Waals surface area contributed by atoms with E-state index in [0.29, 0.717) is 19.3 Å². The zero-order valence-electron chi connectivity index (χ0n) is 54.9. The Kier molecular flexibility index (Phi) is 68.5. The van der Waals surface area contributed by atoms with Gasteiger partial charge in [0, 0.05) is 19.3 Å². The minimum Gasteiger partial charge on any atom is -0.462 e. The van der Waals surface area contributed by atoms with Gasteiger partial charge >= 0.3 is 17.9 Å². The molecule has 0 amide bonds. The number of ether oxygens (including phenoxy) is 3. The predicted molar refractivity (Wildman–Crippen MR) is 349 cm³/mol. The van der Waals surface area contributed by atoms with Crippen LogP contribution >= 0.6 is 0 Å². The fourth-order valence-electron chi connectivity index (χ4n) is 11.8. The molecule has 0 spiro atoms. The molecule has 0 N–H and O–H groups in total. The molecule has 0 aliphatic rings. The summed E-state index contributed by atoms with van der Waals surface area (Å²) in [5.74, 6) is -0.828. The fraction of sp³-hybridized carbons (Fsp3) is 0.959. The minimum atomic E-state index is -0.762. The highest BCUT2D eigenvalue weighted by molar-refractivity contribution is 5.71. The molecule has 0 saturated heterocycles. The van der Waals surface area contributed by atoms with Crippen LogP contribution < -0.4 is 0 Å². The first-order valence-corrected chi connectivity index (χ1v) is 37.0. The van der Waals surface area contributed by atoms with E-state index >= 15 is 0 Å². The van der Waals surface area contributed by atoms with E-state index in [0.717, 1.165) is 57.8 Å². The van der Waals surface area contributed by atoms with Crippen LogP contribution in [0.25, 0.3) is 0 Å². The van der Waals surface area contributed by atoms with Gasteiger partial charge in [-0.25, -0.2) is 0 Å². The molecule has 0 aromatic heterocycles. The van der Waals surface area contributed by atoms with E-state index in [1.54, 1.807) is 0 Å². The van der Waals surface area contributed by atoms with E-state index in [9.17, 15) is 14.4 Å². The first kappa shape index (κ1) is 78.4. The lowest BCUT2D eigenvalue weighted by Crippen LogP contribution is -2.30. The standard InChI is InChI=1S/C74H144O6/c1-4-7-10-13-16-19-21-23-25-27-29-31-33-35-36-37-38-39-40-42-43-45-47-49-51-53-55-58-61-64-67-73(76)79-70-71(69-78-72(75)66-63-60-57-18-15-12-9-6-3)80-74(77)68-65-62-59-56-54-52-50-48-46-44-41-34-32-30-28-26-24-22-20-17-14-11-8-5-2/h71H,4-70H2,1-3H3. The maximum Gasteiger partial charge on any atom is 0.306 e. The van der Waals surface area contributed by atoms with Crippen molar-refractivity contribution in [2.75, 3.05) is 13.2 Å². The van der Waals surface area contributed by atoms with E-state index in [1.165, 1.54) is 340 Å². The lowest BCUT2D eigenvalue weighted by atomic mass is 10.0. The Morgan fingerprint density at radius 2 is 0.338 bits per heavy atom. The summed E-state index contributed by atoms with van der Waals surface area (Å²) in [4.78, 5) is 38.3. The fourth-order valence-corrected chi connectivity index (χ4v) is 11.8. The Morgan fingerprint density at radius 3 is 0.500 bits per heavy atom. The van der Waals surface area contributed by atoms with Crippen molar-refractivity contribution in [1.29, 1.82) is 0 Å². The second-order valence-electron chi connectivity index (χ2n) is 25.6. The molecule has 6 heteroatoms. The highest BCUT2D eigenvalue weighted by Gasteiger charge is 2.20. The Morgan fingerprint density at radius 1 is 0.200 bits per heavy atom. The van der Waals surface area contributed by atoms with Gasteiger partial charge in [-0.15, -0.1) is 0 Å². The molecule has 6 nitrogen and oxygen atoms in total. The van der Waals surface area contributed by atoms with Crippen LogP contribution in [0.5, 0.6) is 0 Å². The van der Waals surface area contributed by atoms with E-state index in [4.69, 9.17) is 14.2 Å². The summed E-state index contributed by atoms with van der Waals surface area (Å²) in [6.07, 6.45) is 83.2. The number of carbonyl (C=O) groups excluding carboxylic acids is 3. The largest absolute Gasteiger partial charge is 0.462 e. The molecule has 0 rings (SSSR count). The van der Waals surface area contributed by atoms with Crippen molar-refractivity contribution in [3.05, 3.63) is 0 Å². The molecule has 0 radical (unpaired) electrons. The van der Waals surface area contributed by atoms with Crippen LogP contribution in [0, 0.1) is 0 Å². The van der Waals surface area contributed by atoms with Gasteiger partial charge in [0.2, 0.25) is 0 Å². The van der Waals surface area contributed by atoms with Gasteiger partial charge in [0.05, 0.1) is 0 Å². The molecule has 0 bridgehead atoms. The van der Waals surface area contributed by atoms with Crippen molar-refractivity contribution in [1.82, 2.24) is 0 Å². The van der Waals surface area contributed by atoms with E-state index in [1.807, 2.05) is 0 Å². The molecule has 80 heavy (non-hydrogen) atoms. The Balaban J connectivity index is 3.99. The lowest BCUT2D eigenvalue weighted by molar-refractivity contribution is -0.167. The van der Waals surface area contributed by atoms with Crippen LogP contribution in [0.1, 0.15) is 438 Å². The molecule has 0 heterocycles. The summed E-state index contributed by atoms with van der Waals surface area (Å²) >= 11 is 0. The van der Waals surface area contributed by atoms with Crippen molar-refractivity contribution >= 4 is 17.9 Å². The van der Waals surface area contributed by atoms with Crippen molar-refractivity contribution in [2.45, 2.75) is 444 Å².